The molecule has 2 saturated heterocycles. The van der Waals surface area contributed by atoms with E-state index in [1.807, 2.05) is 4.90 Å². The van der Waals surface area contributed by atoms with Gasteiger partial charge in [0.15, 0.2) is 0 Å². The van der Waals surface area contributed by atoms with Gasteiger partial charge in [-0.1, -0.05) is 0 Å². The first-order valence-corrected chi connectivity index (χ1v) is 5.83. The molecule has 0 saturated carbocycles. The molecule has 0 aromatic carbocycles. The lowest BCUT2D eigenvalue weighted by Crippen LogP contribution is -2.40. The average Bonchev–Trinajstić information content (AvgIpc) is 2.78. The molecule has 86 valence electrons. The first-order chi connectivity index (χ1) is 7.31. The quantitative estimate of drug-likeness (QED) is 0.712. The van der Waals surface area contributed by atoms with Gasteiger partial charge in [0.25, 0.3) is 0 Å². The molecule has 0 spiro atoms. The second-order valence-corrected chi connectivity index (χ2v) is 4.45. The third kappa shape index (κ3) is 2.49. The Hall–Kier alpha value is -0.610. The highest BCUT2D eigenvalue weighted by Crippen LogP contribution is 2.19. The molecule has 0 aromatic rings. The summed E-state index contributed by atoms with van der Waals surface area (Å²) < 4.78 is 5.27. The van der Waals surface area contributed by atoms with Crippen molar-refractivity contribution in [1.82, 2.24) is 10.2 Å². The monoisotopic (exact) mass is 212 g/mol. The van der Waals surface area contributed by atoms with Gasteiger partial charge in [-0.25, -0.2) is 0 Å². The van der Waals surface area contributed by atoms with E-state index in [-0.39, 0.29) is 12.0 Å². The van der Waals surface area contributed by atoms with Crippen LogP contribution in [0, 0.1) is 5.92 Å². The minimum Gasteiger partial charge on any atom is -0.380 e. The third-order valence-electron chi connectivity index (χ3n) is 3.48. The number of amides is 1. The number of rotatable bonds is 2. The standard InChI is InChI=1S/C11H20N2O2/c1-15-10-4-7-13(8-10)11(14)9-2-5-12-6-3-9/h9-10,12H,2-8H2,1H3/t10-/m1/s1. The normalized spacial score (nSPS) is 28.3. The number of nitrogens with zero attached hydrogens (tertiary/aromatic N) is 1. The summed E-state index contributed by atoms with van der Waals surface area (Å²) in [5.74, 6) is 0.595. The minimum atomic E-state index is 0.252. The fourth-order valence-electron chi connectivity index (χ4n) is 2.45. The summed E-state index contributed by atoms with van der Waals surface area (Å²) in [5.41, 5.74) is 0. The number of carbonyl (C=O) groups excluding carboxylic acids is 1. The van der Waals surface area contributed by atoms with Crippen molar-refractivity contribution < 1.29 is 9.53 Å². The zero-order valence-electron chi connectivity index (χ0n) is 9.37. The van der Waals surface area contributed by atoms with Crippen molar-refractivity contribution in [2.24, 2.45) is 5.92 Å². The smallest absolute Gasteiger partial charge is 0.225 e. The molecule has 4 heteroatoms. The fraction of sp³-hybridized carbons (Fsp3) is 0.909. The number of methoxy groups -OCH3 is 1. The van der Waals surface area contributed by atoms with E-state index >= 15 is 0 Å². The number of likely N-dealkylation sites (tertiary alicyclic amines) is 1. The van der Waals surface area contributed by atoms with Crippen molar-refractivity contribution in [2.75, 3.05) is 33.3 Å². The summed E-state index contributed by atoms with van der Waals surface area (Å²) in [5, 5.41) is 3.28. The fourth-order valence-corrected chi connectivity index (χ4v) is 2.45. The van der Waals surface area contributed by atoms with Gasteiger partial charge in [0.05, 0.1) is 6.10 Å². The van der Waals surface area contributed by atoms with Crippen molar-refractivity contribution in [2.45, 2.75) is 25.4 Å². The Labute approximate surface area is 91.0 Å². The molecule has 0 unspecified atom stereocenters. The van der Waals surface area contributed by atoms with E-state index < -0.39 is 0 Å². The van der Waals surface area contributed by atoms with Crippen LogP contribution in [0.1, 0.15) is 19.3 Å². The zero-order chi connectivity index (χ0) is 10.7. The Morgan fingerprint density at radius 2 is 2.07 bits per heavy atom. The Morgan fingerprint density at radius 1 is 1.33 bits per heavy atom. The van der Waals surface area contributed by atoms with Gasteiger partial charge in [-0.15, -0.1) is 0 Å². The van der Waals surface area contributed by atoms with Gasteiger partial charge in [-0.05, 0) is 32.4 Å². The van der Waals surface area contributed by atoms with Crippen molar-refractivity contribution in [1.29, 1.82) is 0 Å². The van der Waals surface area contributed by atoms with Crippen molar-refractivity contribution in [3.8, 4) is 0 Å². The van der Waals surface area contributed by atoms with Gasteiger partial charge in [0, 0.05) is 26.1 Å². The Bertz CT molecular complexity index is 227. The summed E-state index contributed by atoms with van der Waals surface area (Å²) in [7, 11) is 1.73. The second-order valence-electron chi connectivity index (χ2n) is 4.45. The molecule has 1 amide bonds. The molecule has 4 nitrogen and oxygen atoms in total. The minimum absolute atomic E-state index is 0.252. The van der Waals surface area contributed by atoms with Crippen LogP contribution in [0.25, 0.3) is 0 Å². The van der Waals surface area contributed by atoms with Crippen LogP contribution in [0.5, 0.6) is 0 Å². The first kappa shape index (κ1) is 10.9. The molecule has 1 atom stereocenters. The second kappa shape index (κ2) is 4.94. The predicted octanol–water partition coefficient (Wildman–Crippen LogP) is 0.233. The van der Waals surface area contributed by atoms with E-state index in [4.69, 9.17) is 4.74 Å². The Balaban J connectivity index is 1.85. The predicted molar refractivity (Wildman–Crippen MR) is 57.6 cm³/mol. The number of carbonyl (C=O) groups is 1. The molecule has 2 aliphatic heterocycles. The summed E-state index contributed by atoms with van der Waals surface area (Å²) in [6, 6.07) is 0. The molecular weight excluding hydrogens is 192 g/mol. The van der Waals surface area contributed by atoms with Gasteiger partial charge >= 0.3 is 0 Å². The van der Waals surface area contributed by atoms with E-state index in [9.17, 15) is 4.79 Å². The number of hydrogen-bond acceptors (Lipinski definition) is 3. The van der Waals surface area contributed by atoms with Gasteiger partial charge in [-0.2, -0.15) is 0 Å². The van der Waals surface area contributed by atoms with E-state index in [1.54, 1.807) is 7.11 Å². The van der Waals surface area contributed by atoms with Crippen LogP contribution in [0.2, 0.25) is 0 Å². The van der Waals surface area contributed by atoms with Crippen LogP contribution < -0.4 is 5.32 Å². The molecular formula is C11H20N2O2. The molecule has 0 aliphatic carbocycles. The molecule has 2 aliphatic rings. The third-order valence-corrected chi connectivity index (χ3v) is 3.48. The van der Waals surface area contributed by atoms with Crippen LogP contribution in [0.15, 0.2) is 0 Å². The average molecular weight is 212 g/mol. The van der Waals surface area contributed by atoms with Crippen molar-refractivity contribution in [3.05, 3.63) is 0 Å². The summed E-state index contributed by atoms with van der Waals surface area (Å²) >= 11 is 0. The van der Waals surface area contributed by atoms with Gasteiger partial charge in [-0.3, -0.25) is 4.79 Å². The van der Waals surface area contributed by atoms with Crippen LogP contribution in [-0.4, -0.2) is 50.2 Å². The Kier molecular flexibility index (Phi) is 3.59. The summed E-state index contributed by atoms with van der Waals surface area (Å²) in [6.07, 6.45) is 3.24. The highest BCUT2D eigenvalue weighted by molar-refractivity contribution is 5.79. The molecule has 0 radical (unpaired) electrons. The number of nitrogens with one attached hydrogen (secondary N) is 1. The highest BCUT2D eigenvalue weighted by atomic mass is 16.5. The molecule has 15 heavy (non-hydrogen) atoms. The largest absolute Gasteiger partial charge is 0.380 e. The summed E-state index contributed by atoms with van der Waals surface area (Å²) in [6.45, 7) is 3.64. The zero-order valence-corrected chi connectivity index (χ0v) is 9.37. The Morgan fingerprint density at radius 3 is 2.67 bits per heavy atom. The van der Waals surface area contributed by atoms with E-state index in [1.165, 1.54) is 0 Å². The number of ether oxygens (including phenoxy) is 1. The van der Waals surface area contributed by atoms with Crippen LogP contribution in [-0.2, 0) is 9.53 Å². The van der Waals surface area contributed by atoms with E-state index in [0.717, 1.165) is 45.4 Å². The molecule has 2 fully saturated rings. The van der Waals surface area contributed by atoms with Gasteiger partial charge in [0.2, 0.25) is 5.91 Å². The van der Waals surface area contributed by atoms with Gasteiger partial charge in [0.1, 0.15) is 0 Å². The molecule has 0 aromatic heterocycles. The molecule has 0 bridgehead atoms. The lowest BCUT2D eigenvalue weighted by molar-refractivity contribution is -0.135. The topological polar surface area (TPSA) is 41.6 Å². The lowest BCUT2D eigenvalue weighted by atomic mass is 9.97. The maximum atomic E-state index is 12.1. The van der Waals surface area contributed by atoms with E-state index in [2.05, 4.69) is 5.32 Å². The highest BCUT2D eigenvalue weighted by Gasteiger charge is 2.31. The van der Waals surface area contributed by atoms with Crippen LogP contribution in [0.3, 0.4) is 0 Å². The first-order valence-electron chi connectivity index (χ1n) is 5.83. The maximum absolute atomic E-state index is 12.1. The van der Waals surface area contributed by atoms with Crippen molar-refractivity contribution >= 4 is 5.91 Å². The number of piperidine rings is 1. The van der Waals surface area contributed by atoms with Crippen LogP contribution in [0.4, 0.5) is 0 Å². The van der Waals surface area contributed by atoms with Gasteiger partial charge < -0.3 is 15.0 Å². The molecule has 1 N–H and O–H groups in total. The maximum Gasteiger partial charge on any atom is 0.225 e. The molecule has 2 rings (SSSR count). The number of hydrogen-bond donors (Lipinski definition) is 1. The molecule has 2 heterocycles. The van der Waals surface area contributed by atoms with E-state index in [0.29, 0.717) is 5.91 Å². The van der Waals surface area contributed by atoms with Crippen LogP contribution >= 0.6 is 0 Å². The SMILES string of the molecule is CO[C@@H]1CCN(C(=O)C2CCNCC2)C1. The van der Waals surface area contributed by atoms with Crippen molar-refractivity contribution in [3.63, 3.8) is 0 Å². The lowest BCUT2D eigenvalue weighted by Gasteiger charge is -2.26. The summed E-state index contributed by atoms with van der Waals surface area (Å²) in [4.78, 5) is 14.1.